The number of piperidine rings is 1. The standard InChI is InChI=1S/C17H20F2N4O2/c18-12-3-1-11(2-4-12)7-17(10-24)9-23(6-5-14(17)25)16-21-8-13(19)15(20)22-16/h1-4,8,14,24-25H,5-7,9-10H2,(H2,20,21,22)/t14-,17-/m0/s1. The Kier molecular flexibility index (Phi) is 4.82. The zero-order valence-electron chi connectivity index (χ0n) is 13.6. The van der Waals surface area contributed by atoms with Gasteiger partial charge in [0, 0.05) is 18.5 Å². The molecule has 4 N–H and O–H groups in total. The maximum atomic E-state index is 13.3. The number of anilines is 2. The van der Waals surface area contributed by atoms with E-state index in [1.807, 2.05) is 0 Å². The summed E-state index contributed by atoms with van der Waals surface area (Å²) in [7, 11) is 0. The van der Waals surface area contributed by atoms with E-state index in [4.69, 9.17) is 5.73 Å². The van der Waals surface area contributed by atoms with Gasteiger partial charge in [0.05, 0.1) is 18.9 Å². The van der Waals surface area contributed by atoms with E-state index >= 15 is 0 Å². The minimum atomic E-state index is -0.859. The summed E-state index contributed by atoms with van der Waals surface area (Å²) in [4.78, 5) is 9.66. The zero-order valence-corrected chi connectivity index (χ0v) is 13.6. The Morgan fingerprint density at radius 2 is 2.00 bits per heavy atom. The van der Waals surface area contributed by atoms with Crippen LogP contribution in [0.15, 0.2) is 30.5 Å². The van der Waals surface area contributed by atoms with E-state index in [0.717, 1.165) is 11.8 Å². The quantitative estimate of drug-likeness (QED) is 0.765. The number of benzene rings is 1. The Morgan fingerprint density at radius 3 is 2.64 bits per heavy atom. The van der Waals surface area contributed by atoms with Gasteiger partial charge in [-0.25, -0.2) is 13.8 Å². The van der Waals surface area contributed by atoms with Crippen LogP contribution in [0.1, 0.15) is 12.0 Å². The van der Waals surface area contributed by atoms with Gasteiger partial charge >= 0.3 is 0 Å². The topological polar surface area (TPSA) is 95.5 Å². The minimum Gasteiger partial charge on any atom is -0.396 e. The Labute approximate surface area is 143 Å². The monoisotopic (exact) mass is 350 g/mol. The second-order valence-corrected chi connectivity index (χ2v) is 6.45. The second kappa shape index (κ2) is 6.89. The van der Waals surface area contributed by atoms with E-state index < -0.39 is 17.3 Å². The van der Waals surface area contributed by atoms with Crippen molar-refractivity contribution in [2.75, 3.05) is 30.3 Å². The van der Waals surface area contributed by atoms with Crippen LogP contribution in [0.25, 0.3) is 0 Å². The van der Waals surface area contributed by atoms with E-state index in [2.05, 4.69) is 9.97 Å². The Morgan fingerprint density at radius 1 is 1.28 bits per heavy atom. The molecular formula is C17H20F2N4O2. The van der Waals surface area contributed by atoms with Crippen molar-refractivity contribution in [2.24, 2.45) is 5.41 Å². The van der Waals surface area contributed by atoms with E-state index in [-0.39, 0.29) is 30.7 Å². The molecule has 2 heterocycles. The van der Waals surface area contributed by atoms with Gasteiger partial charge in [0.2, 0.25) is 5.95 Å². The SMILES string of the molecule is Nc1nc(N2CC[C@H](O)[C@@](CO)(Cc3ccc(F)cc3)C2)ncc1F. The van der Waals surface area contributed by atoms with Gasteiger partial charge in [-0.3, -0.25) is 0 Å². The number of nitrogens with two attached hydrogens (primary N) is 1. The predicted molar refractivity (Wildman–Crippen MR) is 88.9 cm³/mol. The third-order valence-electron chi connectivity index (χ3n) is 4.71. The highest BCUT2D eigenvalue weighted by molar-refractivity contribution is 5.40. The van der Waals surface area contributed by atoms with Gasteiger partial charge in [0.25, 0.3) is 0 Å². The van der Waals surface area contributed by atoms with Crippen LogP contribution in [0.5, 0.6) is 0 Å². The lowest BCUT2D eigenvalue weighted by Crippen LogP contribution is -2.55. The van der Waals surface area contributed by atoms with Gasteiger partial charge in [-0.2, -0.15) is 4.98 Å². The summed E-state index contributed by atoms with van der Waals surface area (Å²) in [6.45, 7) is 0.462. The number of aliphatic hydroxyl groups is 2. The molecule has 1 saturated heterocycles. The van der Waals surface area contributed by atoms with Crippen LogP contribution < -0.4 is 10.6 Å². The fourth-order valence-corrected chi connectivity index (χ4v) is 3.24. The van der Waals surface area contributed by atoms with E-state index in [1.54, 1.807) is 17.0 Å². The highest BCUT2D eigenvalue weighted by atomic mass is 19.1. The lowest BCUT2D eigenvalue weighted by molar-refractivity contribution is -0.0294. The summed E-state index contributed by atoms with van der Waals surface area (Å²) in [5, 5.41) is 20.5. The second-order valence-electron chi connectivity index (χ2n) is 6.45. The van der Waals surface area contributed by atoms with E-state index in [1.165, 1.54) is 12.1 Å². The molecule has 1 fully saturated rings. The number of rotatable bonds is 4. The zero-order chi connectivity index (χ0) is 18.0. The minimum absolute atomic E-state index is 0.246. The van der Waals surface area contributed by atoms with Crippen molar-refractivity contribution < 1.29 is 19.0 Å². The number of nitrogens with zero attached hydrogens (tertiary/aromatic N) is 3. The van der Waals surface area contributed by atoms with Crippen molar-refractivity contribution in [1.82, 2.24) is 9.97 Å². The molecule has 0 unspecified atom stereocenters. The first-order valence-electron chi connectivity index (χ1n) is 8.00. The van der Waals surface area contributed by atoms with Crippen molar-refractivity contribution in [1.29, 1.82) is 0 Å². The van der Waals surface area contributed by atoms with Crippen LogP contribution in [0, 0.1) is 17.0 Å². The largest absolute Gasteiger partial charge is 0.396 e. The number of halogens is 2. The fraction of sp³-hybridized carbons (Fsp3) is 0.412. The first-order chi connectivity index (χ1) is 11.9. The van der Waals surface area contributed by atoms with Crippen LogP contribution in [0.3, 0.4) is 0 Å². The smallest absolute Gasteiger partial charge is 0.227 e. The highest BCUT2D eigenvalue weighted by Gasteiger charge is 2.43. The van der Waals surface area contributed by atoms with Crippen molar-refractivity contribution in [2.45, 2.75) is 18.9 Å². The van der Waals surface area contributed by atoms with Crippen molar-refractivity contribution in [3.05, 3.63) is 47.7 Å². The maximum absolute atomic E-state index is 13.3. The first kappa shape index (κ1) is 17.5. The van der Waals surface area contributed by atoms with E-state index in [0.29, 0.717) is 19.4 Å². The molecule has 1 aliphatic rings. The highest BCUT2D eigenvalue weighted by Crippen LogP contribution is 2.35. The summed E-state index contributed by atoms with van der Waals surface area (Å²) in [5.74, 6) is -1.03. The molecule has 0 saturated carbocycles. The van der Waals surface area contributed by atoms with Crippen molar-refractivity contribution in [3.63, 3.8) is 0 Å². The van der Waals surface area contributed by atoms with Gasteiger partial charge in [-0.1, -0.05) is 12.1 Å². The molecule has 3 rings (SSSR count). The van der Waals surface area contributed by atoms with Gasteiger partial charge in [-0.15, -0.1) is 0 Å². The summed E-state index contributed by atoms with van der Waals surface area (Å²) < 4.78 is 26.4. The van der Waals surface area contributed by atoms with Crippen LogP contribution in [-0.4, -0.2) is 46.0 Å². The molecule has 1 aromatic heterocycles. The summed E-state index contributed by atoms with van der Waals surface area (Å²) in [6.07, 6.45) is 1.01. The molecule has 0 aliphatic carbocycles. The summed E-state index contributed by atoms with van der Waals surface area (Å²) in [5.41, 5.74) is 5.45. The number of nitrogen functional groups attached to an aromatic ring is 1. The molecule has 6 nitrogen and oxygen atoms in total. The normalized spacial score (nSPS) is 23.7. The number of hydrogen-bond donors (Lipinski definition) is 3. The Balaban J connectivity index is 1.86. The van der Waals surface area contributed by atoms with Crippen molar-refractivity contribution in [3.8, 4) is 0 Å². The average Bonchev–Trinajstić information content (AvgIpc) is 2.61. The average molecular weight is 350 g/mol. The first-order valence-corrected chi connectivity index (χ1v) is 8.00. The lowest BCUT2D eigenvalue weighted by Gasteiger charge is -2.45. The molecule has 0 radical (unpaired) electrons. The summed E-state index contributed by atoms with van der Waals surface area (Å²) >= 11 is 0. The molecule has 0 spiro atoms. The number of hydrogen-bond acceptors (Lipinski definition) is 6. The Bertz CT molecular complexity index is 744. The molecule has 2 atom stereocenters. The molecule has 0 amide bonds. The molecule has 25 heavy (non-hydrogen) atoms. The van der Waals surface area contributed by atoms with Crippen molar-refractivity contribution >= 4 is 11.8 Å². The molecule has 1 aromatic carbocycles. The third-order valence-corrected chi connectivity index (χ3v) is 4.71. The molecule has 8 heteroatoms. The van der Waals surface area contributed by atoms with Crippen LogP contribution in [0.4, 0.5) is 20.5 Å². The maximum Gasteiger partial charge on any atom is 0.227 e. The van der Waals surface area contributed by atoms with E-state index in [9.17, 15) is 19.0 Å². The molecule has 1 aliphatic heterocycles. The molecular weight excluding hydrogens is 330 g/mol. The fourth-order valence-electron chi connectivity index (χ4n) is 3.24. The van der Waals surface area contributed by atoms with Crippen LogP contribution in [0.2, 0.25) is 0 Å². The van der Waals surface area contributed by atoms with Gasteiger partial charge < -0.3 is 20.8 Å². The molecule has 0 bridgehead atoms. The Hall–Kier alpha value is -2.32. The summed E-state index contributed by atoms with van der Waals surface area (Å²) in [6, 6.07) is 5.95. The predicted octanol–water partition coefficient (Wildman–Crippen LogP) is 1.13. The van der Waals surface area contributed by atoms with Gasteiger partial charge in [-0.05, 0) is 30.5 Å². The molecule has 2 aromatic rings. The van der Waals surface area contributed by atoms with Crippen LogP contribution in [-0.2, 0) is 6.42 Å². The number of aliphatic hydroxyl groups excluding tert-OH is 2. The third kappa shape index (κ3) is 3.54. The van der Waals surface area contributed by atoms with Gasteiger partial charge in [0.1, 0.15) is 5.82 Å². The van der Waals surface area contributed by atoms with Gasteiger partial charge in [0.15, 0.2) is 11.6 Å². The number of aromatic nitrogens is 2. The lowest BCUT2D eigenvalue weighted by atomic mass is 9.73. The van der Waals surface area contributed by atoms with Crippen LogP contribution >= 0.6 is 0 Å². The molecule has 134 valence electrons.